The first-order chi connectivity index (χ1) is 15.9. The summed E-state index contributed by atoms with van der Waals surface area (Å²) in [6.45, 7) is 2.40. The molecule has 1 fully saturated rings. The average Bonchev–Trinajstić information content (AvgIpc) is 3.56. The standard InChI is InChI=1S/C23H20F3N5O2/c1-2-15-11-19(33-29-15)18-9-6-10-30(18)22(32)16-13-27-31-20(23(24,25)26)12-17(28-21(16)31)14-7-4-3-5-8-14/h3-5,7-8,11-13,18H,2,6,9-10H2,1H3/t18-/m0/s1. The number of rotatable bonds is 4. The number of aryl methyl sites for hydroxylation is 1. The van der Waals surface area contributed by atoms with Crippen LogP contribution in [-0.4, -0.2) is 37.1 Å². The molecule has 10 heteroatoms. The van der Waals surface area contributed by atoms with Gasteiger partial charge in [-0.05, 0) is 25.3 Å². The van der Waals surface area contributed by atoms with Gasteiger partial charge in [-0.3, -0.25) is 4.79 Å². The molecule has 1 saturated heterocycles. The Balaban J connectivity index is 1.60. The lowest BCUT2D eigenvalue weighted by Crippen LogP contribution is -2.30. The van der Waals surface area contributed by atoms with Gasteiger partial charge in [-0.25, -0.2) is 9.50 Å². The van der Waals surface area contributed by atoms with E-state index in [1.54, 1.807) is 35.2 Å². The molecule has 5 rings (SSSR count). The number of fused-ring (bicyclic) bond motifs is 1. The molecule has 0 N–H and O–H groups in total. The molecule has 4 heterocycles. The molecule has 1 aliphatic rings. The number of alkyl halides is 3. The van der Waals surface area contributed by atoms with Gasteiger partial charge >= 0.3 is 6.18 Å². The molecule has 170 valence electrons. The Morgan fingerprint density at radius 1 is 1.21 bits per heavy atom. The second-order valence-corrected chi connectivity index (χ2v) is 7.91. The molecule has 1 atom stereocenters. The van der Waals surface area contributed by atoms with E-state index in [1.807, 2.05) is 13.0 Å². The van der Waals surface area contributed by atoms with Crippen LogP contribution in [-0.2, 0) is 12.6 Å². The minimum atomic E-state index is -4.68. The van der Waals surface area contributed by atoms with Gasteiger partial charge in [-0.2, -0.15) is 18.3 Å². The van der Waals surface area contributed by atoms with Crippen molar-refractivity contribution in [3.05, 3.63) is 71.4 Å². The minimum Gasteiger partial charge on any atom is -0.359 e. The molecule has 4 aromatic rings. The van der Waals surface area contributed by atoms with Crippen molar-refractivity contribution in [1.29, 1.82) is 0 Å². The van der Waals surface area contributed by atoms with E-state index in [2.05, 4.69) is 15.2 Å². The van der Waals surface area contributed by atoms with Crippen LogP contribution in [0.3, 0.4) is 0 Å². The Kier molecular flexibility index (Phi) is 5.15. The molecule has 0 unspecified atom stereocenters. The van der Waals surface area contributed by atoms with Crippen molar-refractivity contribution in [1.82, 2.24) is 24.7 Å². The van der Waals surface area contributed by atoms with Gasteiger partial charge in [-0.15, -0.1) is 0 Å². The predicted molar refractivity (Wildman–Crippen MR) is 112 cm³/mol. The molecule has 0 bridgehead atoms. The average molecular weight is 455 g/mol. The van der Waals surface area contributed by atoms with Crippen LogP contribution in [0.15, 0.2) is 53.2 Å². The first kappa shape index (κ1) is 21.2. The highest BCUT2D eigenvalue weighted by molar-refractivity contribution is 6.00. The second-order valence-electron chi connectivity index (χ2n) is 7.91. The van der Waals surface area contributed by atoms with Crippen LogP contribution < -0.4 is 0 Å². The number of hydrogen-bond acceptors (Lipinski definition) is 5. The second kappa shape index (κ2) is 8.02. The van der Waals surface area contributed by atoms with Gasteiger partial charge in [0.25, 0.3) is 5.91 Å². The van der Waals surface area contributed by atoms with E-state index < -0.39 is 17.8 Å². The zero-order chi connectivity index (χ0) is 23.2. The number of amides is 1. The largest absolute Gasteiger partial charge is 0.433 e. The van der Waals surface area contributed by atoms with Crippen LogP contribution in [0.2, 0.25) is 0 Å². The number of hydrogen-bond donors (Lipinski definition) is 0. The molecule has 0 aliphatic carbocycles. The summed E-state index contributed by atoms with van der Waals surface area (Å²) < 4.78 is 47.6. The fourth-order valence-electron chi connectivity index (χ4n) is 4.18. The van der Waals surface area contributed by atoms with Crippen LogP contribution in [0.1, 0.15) is 53.3 Å². The van der Waals surface area contributed by atoms with E-state index in [9.17, 15) is 18.0 Å². The van der Waals surface area contributed by atoms with Gasteiger partial charge in [0, 0.05) is 18.2 Å². The summed E-state index contributed by atoms with van der Waals surface area (Å²) in [6.07, 6.45) is -1.40. The Hall–Kier alpha value is -3.69. The maximum Gasteiger partial charge on any atom is 0.433 e. The SMILES string of the molecule is CCc1cc([C@@H]2CCCN2C(=O)c2cnn3c(C(F)(F)F)cc(-c4ccccc4)nc23)on1. The highest BCUT2D eigenvalue weighted by Crippen LogP contribution is 2.36. The molecule has 7 nitrogen and oxygen atoms in total. The molecular formula is C23H20F3N5O2. The summed E-state index contributed by atoms with van der Waals surface area (Å²) in [5.74, 6) is 0.135. The van der Waals surface area contributed by atoms with Crippen molar-refractivity contribution >= 4 is 11.6 Å². The number of aromatic nitrogens is 4. The highest BCUT2D eigenvalue weighted by atomic mass is 19.4. The highest BCUT2D eigenvalue weighted by Gasteiger charge is 2.38. The van der Waals surface area contributed by atoms with Crippen molar-refractivity contribution in [3.8, 4) is 11.3 Å². The maximum absolute atomic E-state index is 13.8. The van der Waals surface area contributed by atoms with Crippen molar-refractivity contribution in [2.45, 2.75) is 38.4 Å². The van der Waals surface area contributed by atoms with E-state index in [0.717, 1.165) is 24.4 Å². The van der Waals surface area contributed by atoms with Crippen LogP contribution in [0.25, 0.3) is 16.9 Å². The summed E-state index contributed by atoms with van der Waals surface area (Å²) >= 11 is 0. The van der Waals surface area contributed by atoms with E-state index in [4.69, 9.17) is 4.52 Å². The van der Waals surface area contributed by atoms with Gasteiger partial charge in [0.1, 0.15) is 5.56 Å². The predicted octanol–water partition coefficient (Wildman–Crippen LogP) is 4.94. The number of benzene rings is 1. The van der Waals surface area contributed by atoms with E-state index in [0.29, 0.717) is 35.2 Å². The first-order valence-corrected chi connectivity index (χ1v) is 10.6. The molecule has 1 aromatic carbocycles. The van der Waals surface area contributed by atoms with E-state index in [1.165, 1.54) is 0 Å². The molecule has 33 heavy (non-hydrogen) atoms. The van der Waals surface area contributed by atoms with Gasteiger partial charge in [0.05, 0.1) is 23.6 Å². The lowest BCUT2D eigenvalue weighted by Gasteiger charge is -2.22. The van der Waals surface area contributed by atoms with Gasteiger partial charge in [-0.1, -0.05) is 42.4 Å². The van der Waals surface area contributed by atoms with Gasteiger partial charge in [0.2, 0.25) is 0 Å². The Bertz CT molecular complexity index is 1310. The third-order valence-corrected chi connectivity index (χ3v) is 5.84. The molecule has 3 aromatic heterocycles. The summed E-state index contributed by atoms with van der Waals surface area (Å²) in [7, 11) is 0. The summed E-state index contributed by atoms with van der Waals surface area (Å²) in [5, 5.41) is 7.88. The lowest BCUT2D eigenvalue weighted by molar-refractivity contribution is -0.142. The number of halogens is 3. The fourth-order valence-corrected chi connectivity index (χ4v) is 4.18. The molecule has 1 aliphatic heterocycles. The molecule has 1 amide bonds. The molecule has 0 saturated carbocycles. The van der Waals surface area contributed by atoms with Gasteiger partial charge < -0.3 is 9.42 Å². The van der Waals surface area contributed by atoms with Crippen LogP contribution in [0.5, 0.6) is 0 Å². The van der Waals surface area contributed by atoms with Crippen molar-refractivity contribution in [2.24, 2.45) is 0 Å². The number of carbonyl (C=O) groups excluding carboxylic acids is 1. The van der Waals surface area contributed by atoms with E-state index in [-0.39, 0.29) is 22.9 Å². The summed E-state index contributed by atoms with van der Waals surface area (Å²) in [4.78, 5) is 19.5. The maximum atomic E-state index is 13.8. The Morgan fingerprint density at radius 3 is 2.70 bits per heavy atom. The fraction of sp³-hybridized carbons (Fsp3) is 0.304. The van der Waals surface area contributed by atoms with Crippen molar-refractivity contribution in [3.63, 3.8) is 0 Å². The lowest BCUT2D eigenvalue weighted by atomic mass is 10.1. The summed E-state index contributed by atoms with van der Waals surface area (Å²) in [5.41, 5.74) is 0.297. The van der Waals surface area contributed by atoms with Gasteiger partial charge in [0.15, 0.2) is 17.1 Å². The molecule has 0 spiro atoms. The van der Waals surface area contributed by atoms with Crippen molar-refractivity contribution in [2.75, 3.05) is 6.54 Å². The minimum absolute atomic E-state index is 0.0143. The number of nitrogens with zero attached hydrogens (tertiary/aromatic N) is 5. The number of carbonyl (C=O) groups is 1. The van der Waals surface area contributed by atoms with Crippen LogP contribution >= 0.6 is 0 Å². The Morgan fingerprint density at radius 2 is 2.00 bits per heavy atom. The third-order valence-electron chi connectivity index (χ3n) is 5.84. The zero-order valence-electron chi connectivity index (χ0n) is 17.7. The van der Waals surface area contributed by atoms with Crippen molar-refractivity contribution < 1.29 is 22.5 Å². The third kappa shape index (κ3) is 3.75. The molecule has 0 radical (unpaired) electrons. The van der Waals surface area contributed by atoms with Crippen LogP contribution in [0.4, 0.5) is 13.2 Å². The molecular weight excluding hydrogens is 435 g/mol. The topological polar surface area (TPSA) is 76.5 Å². The van der Waals surface area contributed by atoms with E-state index >= 15 is 0 Å². The monoisotopic (exact) mass is 455 g/mol. The smallest absolute Gasteiger partial charge is 0.359 e. The normalized spacial score (nSPS) is 16.6. The first-order valence-electron chi connectivity index (χ1n) is 10.6. The zero-order valence-corrected chi connectivity index (χ0v) is 17.7. The number of likely N-dealkylation sites (tertiary alicyclic amines) is 1. The van der Waals surface area contributed by atoms with Crippen LogP contribution in [0, 0.1) is 0 Å². The quantitative estimate of drug-likeness (QED) is 0.436. The summed E-state index contributed by atoms with van der Waals surface area (Å²) in [6, 6.07) is 11.0. The Labute approximate surface area is 186 Å².